The number of hydrogen-bond donors (Lipinski definition) is 0. The third-order valence-corrected chi connectivity index (χ3v) is 2.41. The highest BCUT2D eigenvalue weighted by atomic mass is 35.5. The molecule has 0 radical (unpaired) electrons. The van der Waals surface area contributed by atoms with Gasteiger partial charge in [0, 0.05) is 16.5 Å². The van der Waals surface area contributed by atoms with Gasteiger partial charge in [-0.3, -0.25) is 0 Å². The summed E-state index contributed by atoms with van der Waals surface area (Å²) in [5.74, 6) is 0.829. The summed E-state index contributed by atoms with van der Waals surface area (Å²) in [4.78, 5) is 4.19. The maximum Gasteiger partial charge on any atom is 0.130 e. The predicted molar refractivity (Wildman–Crippen MR) is 58.0 cm³/mol. The summed E-state index contributed by atoms with van der Waals surface area (Å²) in [6.45, 7) is 1.94. The fourth-order valence-corrected chi connectivity index (χ4v) is 1.79. The number of aryl methyl sites for hydroxylation is 1. The molecule has 0 N–H and O–H groups in total. The van der Waals surface area contributed by atoms with Gasteiger partial charge in [0.1, 0.15) is 10.9 Å². The highest BCUT2D eigenvalue weighted by molar-refractivity contribution is 6.30. The Balaban J connectivity index is 2.86. The fourth-order valence-electron chi connectivity index (χ4n) is 1.56. The van der Waals surface area contributed by atoms with Crippen molar-refractivity contribution in [2.75, 3.05) is 7.11 Å². The van der Waals surface area contributed by atoms with Gasteiger partial charge in [0.25, 0.3) is 0 Å². The molecule has 0 saturated heterocycles. The Hall–Kier alpha value is -1.28. The number of nitrogens with zero attached hydrogens (tertiary/aromatic N) is 1. The van der Waals surface area contributed by atoms with E-state index in [1.54, 1.807) is 7.11 Å². The zero-order chi connectivity index (χ0) is 10.1. The predicted octanol–water partition coefficient (Wildman–Crippen LogP) is 3.21. The van der Waals surface area contributed by atoms with Crippen molar-refractivity contribution in [2.45, 2.75) is 6.92 Å². The Morgan fingerprint density at radius 3 is 2.79 bits per heavy atom. The van der Waals surface area contributed by atoms with Crippen molar-refractivity contribution in [2.24, 2.45) is 0 Å². The molecule has 0 aliphatic carbocycles. The Bertz CT molecular complexity index is 482. The van der Waals surface area contributed by atoms with E-state index in [1.165, 1.54) is 0 Å². The summed E-state index contributed by atoms with van der Waals surface area (Å²) in [7, 11) is 1.65. The van der Waals surface area contributed by atoms with Gasteiger partial charge in [0.2, 0.25) is 0 Å². The Morgan fingerprint density at radius 1 is 1.29 bits per heavy atom. The van der Waals surface area contributed by atoms with Gasteiger partial charge in [-0.1, -0.05) is 23.7 Å². The van der Waals surface area contributed by atoms with Gasteiger partial charge in [0.15, 0.2) is 0 Å². The van der Waals surface area contributed by atoms with E-state index < -0.39 is 0 Å². The summed E-state index contributed by atoms with van der Waals surface area (Å²) < 4.78 is 5.25. The van der Waals surface area contributed by atoms with Crippen LogP contribution in [-0.4, -0.2) is 12.1 Å². The maximum atomic E-state index is 5.89. The minimum Gasteiger partial charge on any atom is -0.496 e. The van der Waals surface area contributed by atoms with Gasteiger partial charge in [-0.15, -0.1) is 0 Å². The lowest BCUT2D eigenvalue weighted by atomic mass is 10.1. The lowest BCUT2D eigenvalue weighted by molar-refractivity contribution is 0.420. The van der Waals surface area contributed by atoms with Crippen LogP contribution >= 0.6 is 11.6 Å². The topological polar surface area (TPSA) is 22.1 Å². The van der Waals surface area contributed by atoms with E-state index >= 15 is 0 Å². The largest absolute Gasteiger partial charge is 0.496 e. The minimum absolute atomic E-state index is 0.500. The molecule has 0 aliphatic heterocycles. The van der Waals surface area contributed by atoms with Crippen LogP contribution in [0.3, 0.4) is 0 Å². The van der Waals surface area contributed by atoms with Crippen LogP contribution in [0, 0.1) is 6.92 Å². The molecule has 0 fully saturated rings. The number of pyridine rings is 1. The van der Waals surface area contributed by atoms with Gasteiger partial charge >= 0.3 is 0 Å². The molecule has 72 valence electrons. The standard InChI is InChI=1S/C11H10ClNO/c1-7-8-4-3-5-10(14-2)9(8)6-11(12)13-7/h3-6H,1-2H3. The van der Waals surface area contributed by atoms with Crippen LogP contribution in [0.2, 0.25) is 5.15 Å². The molecular formula is C11H10ClNO. The molecule has 2 rings (SSSR count). The van der Waals surface area contributed by atoms with Crippen molar-refractivity contribution in [3.05, 3.63) is 35.1 Å². The molecule has 14 heavy (non-hydrogen) atoms. The van der Waals surface area contributed by atoms with Gasteiger partial charge < -0.3 is 4.74 Å². The third-order valence-electron chi connectivity index (χ3n) is 2.21. The summed E-state index contributed by atoms with van der Waals surface area (Å²) in [5, 5.41) is 2.58. The number of rotatable bonds is 1. The van der Waals surface area contributed by atoms with Crippen molar-refractivity contribution in [1.29, 1.82) is 0 Å². The van der Waals surface area contributed by atoms with E-state index in [0.29, 0.717) is 5.15 Å². The highest BCUT2D eigenvalue weighted by Gasteiger charge is 2.05. The second-order valence-corrected chi connectivity index (χ2v) is 3.47. The monoisotopic (exact) mass is 207 g/mol. The zero-order valence-electron chi connectivity index (χ0n) is 8.04. The van der Waals surface area contributed by atoms with Gasteiger partial charge in [0.05, 0.1) is 7.11 Å². The van der Waals surface area contributed by atoms with E-state index in [2.05, 4.69) is 4.98 Å². The van der Waals surface area contributed by atoms with Crippen LogP contribution in [-0.2, 0) is 0 Å². The molecule has 0 spiro atoms. The van der Waals surface area contributed by atoms with Crippen molar-refractivity contribution >= 4 is 22.4 Å². The molecule has 0 atom stereocenters. The first-order valence-corrected chi connectivity index (χ1v) is 4.70. The normalized spacial score (nSPS) is 10.5. The number of halogens is 1. The number of ether oxygens (including phenoxy) is 1. The van der Waals surface area contributed by atoms with Crippen LogP contribution < -0.4 is 4.74 Å². The Morgan fingerprint density at radius 2 is 2.07 bits per heavy atom. The first kappa shape index (κ1) is 9.28. The van der Waals surface area contributed by atoms with E-state index in [1.807, 2.05) is 31.2 Å². The van der Waals surface area contributed by atoms with E-state index in [-0.39, 0.29) is 0 Å². The number of aromatic nitrogens is 1. The molecule has 0 amide bonds. The average molecular weight is 208 g/mol. The number of fused-ring (bicyclic) bond motifs is 1. The SMILES string of the molecule is COc1cccc2c(C)nc(Cl)cc12. The molecule has 0 unspecified atom stereocenters. The average Bonchev–Trinajstić information content (AvgIpc) is 2.17. The minimum atomic E-state index is 0.500. The van der Waals surface area contributed by atoms with Gasteiger partial charge in [-0.2, -0.15) is 0 Å². The molecule has 2 nitrogen and oxygen atoms in total. The molecule has 1 aromatic carbocycles. The summed E-state index contributed by atoms with van der Waals surface area (Å²) >= 11 is 5.89. The molecular weight excluding hydrogens is 198 g/mol. The van der Waals surface area contributed by atoms with Crippen LogP contribution in [0.5, 0.6) is 5.75 Å². The molecule has 2 aromatic rings. The summed E-state index contributed by atoms with van der Waals surface area (Å²) in [6.07, 6.45) is 0. The van der Waals surface area contributed by atoms with Crippen molar-refractivity contribution in [3.8, 4) is 5.75 Å². The molecule has 0 bridgehead atoms. The highest BCUT2D eigenvalue weighted by Crippen LogP contribution is 2.28. The van der Waals surface area contributed by atoms with Crippen molar-refractivity contribution < 1.29 is 4.74 Å². The quantitative estimate of drug-likeness (QED) is 0.670. The number of hydrogen-bond acceptors (Lipinski definition) is 2. The van der Waals surface area contributed by atoms with Crippen LogP contribution in [0.25, 0.3) is 10.8 Å². The van der Waals surface area contributed by atoms with Crippen molar-refractivity contribution in [1.82, 2.24) is 4.98 Å². The molecule has 0 aliphatic rings. The first-order valence-electron chi connectivity index (χ1n) is 4.32. The smallest absolute Gasteiger partial charge is 0.130 e. The van der Waals surface area contributed by atoms with Crippen LogP contribution in [0.1, 0.15) is 5.69 Å². The van der Waals surface area contributed by atoms with E-state index in [9.17, 15) is 0 Å². The molecule has 1 aromatic heterocycles. The van der Waals surface area contributed by atoms with Crippen LogP contribution in [0.15, 0.2) is 24.3 Å². The second-order valence-electron chi connectivity index (χ2n) is 3.09. The Labute approximate surface area is 87.5 Å². The first-order chi connectivity index (χ1) is 6.72. The van der Waals surface area contributed by atoms with Crippen LogP contribution in [0.4, 0.5) is 0 Å². The zero-order valence-corrected chi connectivity index (χ0v) is 8.80. The second kappa shape index (κ2) is 3.46. The number of methoxy groups -OCH3 is 1. The van der Waals surface area contributed by atoms with E-state index in [4.69, 9.17) is 16.3 Å². The third kappa shape index (κ3) is 1.42. The van der Waals surface area contributed by atoms with Gasteiger partial charge in [-0.25, -0.2) is 4.98 Å². The van der Waals surface area contributed by atoms with Crippen molar-refractivity contribution in [3.63, 3.8) is 0 Å². The maximum absolute atomic E-state index is 5.89. The molecule has 0 saturated carbocycles. The summed E-state index contributed by atoms with van der Waals surface area (Å²) in [5.41, 5.74) is 0.923. The van der Waals surface area contributed by atoms with Gasteiger partial charge in [-0.05, 0) is 19.1 Å². The lowest BCUT2D eigenvalue weighted by Gasteiger charge is -2.06. The number of benzene rings is 1. The summed E-state index contributed by atoms with van der Waals surface area (Å²) in [6, 6.07) is 7.70. The molecule has 1 heterocycles. The fraction of sp³-hybridized carbons (Fsp3) is 0.182. The molecule has 3 heteroatoms. The van der Waals surface area contributed by atoms with E-state index in [0.717, 1.165) is 22.2 Å². The Kier molecular flexibility index (Phi) is 2.30. The lowest BCUT2D eigenvalue weighted by Crippen LogP contribution is -1.89.